The van der Waals surface area contributed by atoms with E-state index in [-0.39, 0.29) is 5.82 Å². The minimum Gasteiger partial charge on any atom is -0.324 e. The van der Waals surface area contributed by atoms with Gasteiger partial charge >= 0.3 is 0 Å². The van der Waals surface area contributed by atoms with Crippen LogP contribution in [0.1, 0.15) is 12.7 Å². The molecule has 8 heteroatoms. The van der Waals surface area contributed by atoms with Gasteiger partial charge in [0.05, 0.1) is 11.0 Å². The van der Waals surface area contributed by atoms with Crippen molar-refractivity contribution < 1.29 is 4.39 Å². The Balaban J connectivity index is 1.64. The van der Waals surface area contributed by atoms with Crippen molar-refractivity contribution in [2.75, 3.05) is 10.7 Å². The molecule has 0 saturated carbocycles. The number of hydrogen-bond donors (Lipinski definition) is 2. The summed E-state index contributed by atoms with van der Waals surface area (Å²) >= 11 is 5.90. The van der Waals surface area contributed by atoms with Crippen molar-refractivity contribution in [3.8, 4) is 0 Å². The molecule has 0 atom stereocenters. The number of hydrogen-bond acceptors (Lipinski definition) is 5. The van der Waals surface area contributed by atoms with Gasteiger partial charge < -0.3 is 5.32 Å². The predicted molar refractivity (Wildman–Crippen MR) is 105 cm³/mol. The molecule has 0 bridgehead atoms. The summed E-state index contributed by atoms with van der Waals surface area (Å²) in [6.07, 6.45) is 2.32. The van der Waals surface area contributed by atoms with E-state index in [1.54, 1.807) is 35.1 Å². The lowest BCUT2D eigenvalue weighted by Crippen LogP contribution is -2.14. The number of benzene rings is 2. The third kappa shape index (κ3) is 3.68. The van der Waals surface area contributed by atoms with Crippen molar-refractivity contribution in [2.45, 2.75) is 13.3 Å². The number of aromatic nitrogens is 4. The molecule has 0 saturated heterocycles. The molecule has 2 aromatic heterocycles. The second-order valence-corrected chi connectivity index (χ2v) is 6.30. The number of nitrogens with one attached hydrogen (secondary N) is 2. The predicted octanol–water partition coefficient (Wildman–Crippen LogP) is 4.80. The van der Waals surface area contributed by atoms with Gasteiger partial charge in [0.2, 0.25) is 5.95 Å². The highest BCUT2D eigenvalue weighted by Gasteiger charge is 2.11. The first kappa shape index (κ1) is 17.2. The van der Waals surface area contributed by atoms with Crippen LogP contribution in [0.3, 0.4) is 0 Å². The molecule has 2 aromatic carbocycles. The standard InChI is InChI=1S/C19H16ClFN6/c1-2-18-24-15-8-5-13(21)11-16(15)27(18)26-17-9-10-22-19(25-17)23-14-6-3-12(20)4-7-14/h3-11H,2H2,1H3,(H2,22,23,25,26). The Morgan fingerprint density at radius 2 is 1.89 bits per heavy atom. The van der Waals surface area contributed by atoms with Gasteiger partial charge in [-0.1, -0.05) is 18.5 Å². The fraction of sp³-hybridized carbons (Fsp3) is 0.105. The summed E-state index contributed by atoms with van der Waals surface area (Å²) < 4.78 is 15.4. The molecule has 0 fully saturated rings. The van der Waals surface area contributed by atoms with E-state index in [2.05, 4.69) is 25.7 Å². The van der Waals surface area contributed by atoms with Crippen LogP contribution >= 0.6 is 11.6 Å². The Morgan fingerprint density at radius 3 is 2.67 bits per heavy atom. The lowest BCUT2D eigenvalue weighted by Gasteiger charge is -2.12. The molecule has 4 rings (SSSR count). The first-order valence-corrected chi connectivity index (χ1v) is 8.80. The number of aryl methyl sites for hydroxylation is 1. The second kappa shape index (κ2) is 7.20. The molecule has 136 valence electrons. The van der Waals surface area contributed by atoms with E-state index < -0.39 is 0 Å². The fourth-order valence-electron chi connectivity index (χ4n) is 2.72. The van der Waals surface area contributed by atoms with E-state index in [1.165, 1.54) is 12.1 Å². The fourth-order valence-corrected chi connectivity index (χ4v) is 2.84. The summed E-state index contributed by atoms with van der Waals surface area (Å²) in [5, 5.41) is 3.78. The summed E-state index contributed by atoms with van der Waals surface area (Å²) in [5.74, 6) is 1.44. The Kier molecular flexibility index (Phi) is 4.60. The van der Waals surface area contributed by atoms with Crippen LogP contribution < -0.4 is 10.7 Å². The first-order chi connectivity index (χ1) is 13.1. The Morgan fingerprint density at radius 1 is 1.07 bits per heavy atom. The van der Waals surface area contributed by atoms with E-state index in [1.807, 2.05) is 19.1 Å². The average Bonchev–Trinajstić information content (AvgIpc) is 3.01. The van der Waals surface area contributed by atoms with Crippen LogP contribution in [-0.4, -0.2) is 19.6 Å². The third-order valence-electron chi connectivity index (χ3n) is 3.98. The Labute approximate surface area is 160 Å². The number of halogens is 2. The Hall–Kier alpha value is -3.19. The van der Waals surface area contributed by atoms with Crippen LogP contribution in [0.4, 0.5) is 21.8 Å². The van der Waals surface area contributed by atoms with Crippen LogP contribution in [0.2, 0.25) is 5.02 Å². The highest BCUT2D eigenvalue weighted by Crippen LogP contribution is 2.20. The highest BCUT2D eigenvalue weighted by molar-refractivity contribution is 6.30. The van der Waals surface area contributed by atoms with Crippen molar-refractivity contribution in [1.82, 2.24) is 19.6 Å². The molecule has 27 heavy (non-hydrogen) atoms. The van der Waals surface area contributed by atoms with Crippen molar-refractivity contribution >= 4 is 40.1 Å². The molecule has 0 aliphatic carbocycles. The maximum Gasteiger partial charge on any atom is 0.229 e. The maximum absolute atomic E-state index is 13.7. The molecule has 2 N–H and O–H groups in total. The van der Waals surface area contributed by atoms with Crippen LogP contribution in [0, 0.1) is 5.82 Å². The van der Waals surface area contributed by atoms with Crippen LogP contribution in [-0.2, 0) is 6.42 Å². The zero-order chi connectivity index (χ0) is 18.8. The largest absolute Gasteiger partial charge is 0.324 e. The van der Waals surface area contributed by atoms with E-state index >= 15 is 0 Å². The quantitative estimate of drug-likeness (QED) is 0.519. The van der Waals surface area contributed by atoms with Crippen molar-refractivity contribution in [1.29, 1.82) is 0 Å². The van der Waals surface area contributed by atoms with Crippen molar-refractivity contribution in [2.24, 2.45) is 0 Å². The lowest BCUT2D eigenvalue weighted by atomic mass is 10.3. The van der Waals surface area contributed by atoms with Gasteiger partial charge in [-0.2, -0.15) is 4.98 Å². The summed E-state index contributed by atoms with van der Waals surface area (Å²) in [7, 11) is 0. The summed E-state index contributed by atoms with van der Waals surface area (Å²) in [4.78, 5) is 13.2. The van der Waals surface area contributed by atoms with Gasteiger partial charge in [0.15, 0.2) is 5.82 Å². The zero-order valence-corrected chi connectivity index (χ0v) is 15.2. The van der Waals surface area contributed by atoms with E-state index in [0.717, 1.165) is 11.5 Å². The third-order valence-corrected chi connectivity index (χ3v) is 4.24. The van der Waals surface area contributed by atoms with Gasteiger partial charge in [0, 0.05) is 35.5 Å². The van der Waals surface area contributed by atoms with Crippen LogP contribution in [0.5, 0.6) is 0 Å². The lowest BCUT2D eigenvalue weighted by molar-refractivity contribution is 0.629. The molecule has 0 radical (unpaired) electrons. The maximum atomic E-state index is 13.7. The molecule has 4 aromatic rings. The molecule has 0 aliphatic heterocycles. The molecule has 0 unspecified atom stereocenters. The molecular weight excluding hydrogens is 367 g/mol. The van der Waals surface area contributed by atoms with Crippen LogP contribution in [0.25, 0.3) is 11.0 Å². The number of fused-ring (bicyclic) bond motifs is 1. The van der Waals surface area contributed by atoms with Gasteiger partial charge in [0.25, 0.3) is 0 Å². The first-order valence-electron chi connectivity index (χ1n) is 8.42. The van der Waals surface area contributed by atoms with E-state index in [9.17, 15) is 4.39 Å². The normalized spacial score (nSPS) is 10.9. The smallest absolute Gasteiger partial charge is 0.229 e. The summed E-state index contributed by atoms with van der Waals surface area (Å²) in [5.41, 5.74) is 5.37. The molecule has 6 nitrogen and oxygen atoms in total. The zero-order valence-electron chi connectivity index (χ0n) is 14.4. The molecule has 0 spiro atoms. The van der Waals surface area contributed by atoms with Gasteiger partial charge in [-0.3, -0.25) is 5.43 Å². The number of rotatable bonds is 5. The van der Waals surface area contributed by atoms with Crippen molar-refractivity contribution in [3.05, 3.63) is 71.4 Å². The summed E-state index contributed by atoms with van der Waals surface area (Å²) in [6.45, 7) is 1.99. The van der Waals surface area contributed by atoms with Crippen LogP contribution in [0.15, 0.2) is 54.7 Å². The van der Waals surface area contributed by atoms with Gasteiger partial charge in [-0.15, -0.1) is 0 Å². The van der Waals surface area contributed by atoms with Gasteiger partial charge in [-0.05, 0) is 36.4 Å². The minimum absolute atomic E-state index is 0.319. The highest BCUT2D eigenvalue weighted by atomic mass is 35.5. The topological polar surface area (TPSA) is 67.7 Å². The SMILES string of the molecule is CCc1nc2ccc(F)cc2n1Nc1ccnc(Nc2ccc(Cl)cc2)n1. The number of anilines is 3. The molecule has 0 aliphatic rings. The molecule has 0 amide bonds. The monoisotopic (exact) mass is 382 g/mol. The number of nitrogens with zero attached hydrogens (tertiary/aromatic N) is 4. The van der Waals surface area contributed by atoms with E-state index in [0.29, 0.717) is 34.2 Å². The van der Waals surface area contributed by atoms with Gasteiger partial charge in [0.1, 0.15) is 11.6 Å². The second-order valence-electron chi connectivity index (χ2n) is 5.86. The number of imidazole rings is 1. The van der Waals surface area contributed by atoms with Gasteiger partial charge in [-0.25, -0.2) is 19.0 Å². The van der Waals surface area contributed by atoms with E-state index in [4.69, 9.17) is 11.6 Å². The average molecular weight is 383 g/mol. The minimum atomic E-state index is -0.319. The van der Waals surface area contributed by atoms with Crippen molar-refractivity contribution in [3.63, 3.8) is 0 Å². The Bertz CT molecular complexity index is 1090. The summed E-state index contributed by atoms with van der Waals surface area (Å²) in [6, 6.07) is 13.5. The molecule has 2 heterocycles. The molecular formula is C19H16ClFN6.